The van der Waals surface area contributed by atoms with Gasteiger partial charge in [0.2, 0.25) is 0 Å². The zero-order valence-electron chi connectivity index (χ0n) is 22.7. The summed E-state index contributed by atoms with van der Waals surface area (Å²) in [4.78, 5) is 22.9. The van der Waals surface area contributed by atoms with Crippen LogP contribution < -0.4 is 5.11 Å². The summed E-state index contributed by atoms with van der Waals surface area (Å²) in [7, 11) is 5.85. The van der Waals surface area contributed by atoms with Gasteiger partial charge in [-0.2, -0.15) is 0 Å². The second-order valence-corrected chi connectivity index (χ2v) is 10.2. The summed E-state index contributed by atoms with van der Waals surface area (Å²) in [6.45, 7) is 2.42. The van der Waals surface area contributed by atoms with Gasteiger partial charge in [-0.1, -0.05) is 64.0 Å². The van der Waals surface area contributed by atoms with E-state index in [1.165, 1.54) is 44.9 Å². The third-order valence-corrected chi connectivity index (χ3v) is 5.49. The Morgan fingerprint density at radius 2 is 1.43 bits per heavy atom. The molecule has 0 heterocycles. The molecule has 0 aromatic heterocycles. The minimum Gasteiger partial charge on any atom is -0.545 e. The number of carbonyl (C=O) groups is 2. The van der Waals surface area contributed by atoms with Gasteiger partial charge in [-0.3, -0.25) is 4.79 Å². The highest BCUT2D eigenvalue weighted by Gasteiger charge is 2.17. The van der Waals surface area contributed by atoms with Gasteiger partial charge in [-0.15, -0.1) is 0 Å². The highest BCUT2D eigenvalue weighted by Crippen LogP contribution is 2.10. The Balaban J connectivity index is 3.69. The average Bonchev–Trinajstić information content (AvgIpc) is 2.79. The third kappa shape index (κ3) is 24.0. The van der Waals surface area contributed by atoms with Crippen molar-refractivity contribution in [2.75, 3.05) is 47.5 Å². The molecule has 2 atom stereocenters. The molecule has 0 radical (unpaired) electrons. The first kappa shape index (κ1) is 33.5. The molecule has 2 unspecified atom stereocenters. The molecule has 0 rings (SSSR count). The van der Waals surface area contributed by atoms with Crippen molar-refractivity contribution < 1.29 is 38.5 Å². The highest BCUT2D eigenvalue weighted by molar-refractivity contribution is 5.69. The van der Waals surface area contributed by atoms with E-state index in [1.807, 2.05) is 21.1 Å². The Bertz CT molecular complexity index is 560. The summed E-state index contributed by atoms with van der Waals surface area (Å²) in [6.07, 6.45) is 16.3. The number of aliphatic hydroxyl groups excluding tert-OH is 1. The van der Waals surface area contributed by atoms with Gasteiger partial charge < -0.3 is 33.7 Å². The van der Waals surface area contributed by atoms with Crippen LogP contribution in [-0.4, -0.2) is 81.4 Å². The summed E-state index contributed by atoms with van der Waals surface area (Å²) in [6, 6.07) is 0. The normalized spacial score (nSPS) is 13.7. The Morgan fingerprint density at radius 1 is 0.857 bits per heavy atom. The molecule has 35 heavy (non-hydrogen) atoms. The zero-order chi connectivity index (χ0) is 26.4. The lowest BCUT2D eigenvalue weighted by molar-refractivity contribution is -0.870. The number of allylic oxidation sites excluding steroid dienone is 2. The topological polar surface area (TPSA) is 105 Å². The van der Waals surface area contributed by atoms with E-state index in [0.717, 1.165) is 32.1 Å². The molecular weight excluding hydrogens is 450 g/mol. The summed E-state index contributed by atoms with van der Waals surface area (Å²) >= 11 is 0. The summed E-state index contributed by atoms with van der Waals surface area (Å²) in [5.41, 5.74) is 0. The summed E-state index contributed by atoms with van der Waals surface area (Å²) < 4.78 is 15.9. The molecule has 0 aliphatic carbocycles. The quantitative estimate of drug-likeness (QED) is 0.0711. The molecule has 0 fully saturated rings. The van der Waals surface area contributed by atoms with Gasteiger partial charge in [0.25, 0.3) is 0 Å². The van der Waals surface area contributed by atoms with E-state index in [9.17, 15) is 19.8 Å². The predicted octanol–water partition coefficient (Wildman–Crippen LogP) is 3.35. The lowest BCUT2D eigenvalue weighted by atomic mass is 10.1. The molecule has 8 nitrogen and oxygen atoms in total. The molecular formula is C27H51NO7. The number of carbonyl (C=O) groups excluding carboxylic acids is 2. The number of esters is 1. The van der Waals surface area contributed by atoms with E-state index >= 15 is 0 Å². The Morgan fingerprint density at radius 3 is 2.00 bits per heavy atom. The van der Waals surface area contributed by atoms with Crippen LogP contribution in [0.1, 0.15) is 90.4 Å². The van der Waals surface area contributed by atoms with Gasteiger partial charge in [0.05, 0.1) is 40.3 Å². The van der Waals surface area contributed by atoms with Crippen molar-refractivity contribution >= 4 is 11.9 Å². The smallest absolute Gasteiger partial charge is 0.305 e. The van der Waals surface area contributed by atoms with Crippen LogP contribution in [0.3, 0.4) is 0 Å². The number of aliphatic carboxylic acids is 1. The first-order valence-corrected chi connectivity index (χ1v) is 13.4. The summed E-state index contributed by atoms with van der Waals surface area (Å²) in [5, 5.41) is 21.0. The highest BCUT2D eigenvalue weighted by atomic mass is 16.7. The van der Waals surface area contributed by atoms with Crippen molar-refractivity contribution in [2.24, 2.45) is 0 Å². The molecule has 0 saturated heterocycles. The van der Waals surface area contributed by atoms with Crippen LogP contribution in [0.5, 0.6) is 0 Å². The van der Waals surface area contributed by atoms with Gasteiger partial charge in [-0.25, -0.2) is 0 Å². The number of quaternary nitrogens is 1. The maximum absolute atomic E-state index is 11.8. The number of carboxylic acids is 1. The number of aliphatic hydroxyl groups is 1. The van der Waals surface area contributed by atoms with Gasteiger partial charge in [0.15, 0.2) is 6.29 Å². The molecule has 0 saturated carbocycles. The maximum Gasteiger partial charge on any atom is 0.305 e. The van der Waals surface area contributed by atoms with Crippen molar-refractivity contribution in [3.8, 4) is 0 Å². The third-order valence-electron chi connectivity index (χ3n) is 5.49. The molecule has 0 bridgehead atoms. The monoisotopic (exact) mass is 501 g/mol. The molecule has 8 heteroatoms. The number of hydrogen-bond donors (Lipinski definition) is 1. The van der Waals surface area contributed by atoms with E-state index in [-0.39, 0.29) is 25.8 Å². The molecule has 0 aliphatic rings. The van der Waals surface area contributed by atoms with E-state index < -0.39 is 18.4 Å². The SMILES string of the molecule is CCCCCCC/C=C\CCCCCCCC(=O)OCC(O)COC(OCC[N+](C)(C)C)C(=O)[O-]. The van der Waals surface area contributed by atoms with Crippen molar-refractivity contribution in [1.82, 2.24) is 0 Å². The van der Waals surface area contributed by atoms with Crippen LogP contribution in [0.25, 0.3) is 0 Å². The molecule has 0 spiro atoms. The van der Waals surface area contributed by atoms with E-state index in [1.54, 1.807) is 0 Å². The number of hydrogen-bond acceptors (Lipinski definition) is 7. The molecule has 0 aromatic rings. The fourth-order valence-corrected chi connectivity index (χ4v) is 3.29. The Hall–Kier alpha value is -1.48. The van der Waals surface area contributed by atoms with Crippen LogP contribution in [-0.2, 0) is 23.8 Å². The van der Waals surface area contributed by atoms with Crippen LogP contribution in [0.2, 0.25) is 0 Å². The lowest BCUT2D eigenvalue weighted by Gasteiger charge is -2.26. The maximum atomic E-state index is 11.8. The number of rotatable bonds is 24. The van der Waals surface area contributed by atoms with E-state index in [2.05, 4.69) is 19.1 Å². The number of carboxylic acid groups (broad SMARTS) is 1. The fourth-order valence-electron chi connectivity index (χ4n) is 3.29. The first-order chi connectivity index (χ1) is 16.7. The molecule has 206 valence electrons. The van der Waals surface area contributed by atoms with E-state index in [4.69, 9.17) is 14.2 Å². The van der Waals surface area contributed by atoms with Crippen LogP contribution in [0.15, 0.2) is 12.2 Å². The number of ether oxygens (including phenoxy) is 3. The molecule has 0 aliphatic heterocycles. The van der Waals surface area contributed by atoms with Crippen LogP contribution >= 0.6 is 0 Å². The Labute approximate surface area is 213 Å². The zero-order valence-corrected chi connectivity index (χ0v) is 22.7. The largest absolute Gasteiger partial charge is 0.545 e. The van der Waals surface area contributed by atoms with Crippen molar-refractivity contribution in [1.29, 1.82) is 0 Å². The second kappa shape index (κ2) is 21.8. The van der Waals surface area contributed by atoms with Crippen LogP contribution in [0.4, 0.5) is 0 Å². The van der Waals surface area contributed by atoms with E-state index in [0.29, 0.717) is 17.4 Å². The minimum absolute atomic E-state index is 0.170. The molecule has 0 amide bonds. The Kier molecular flexibility index (Phi) is 20.9. The van der Waals surface area contributed by atoms with Crippen molar-refractivity contribution in [3.05, 3.63) is 12.2 Å². The predicted molar refractivity (Wildman–Crippen MR) is 135 cm³/mol. The van der Waals surface area contributed by atoms with Gasteiger partial charge in [0.1, 0.15) is 19.3 Å². The summed E-state index contributed by atoms with van der Waals surface area (Å²) in [5.74, 6) is -1.88. The van der Waals surface area contributed by atoms with Gasteiger partial charge in [-0.05, 0) is 32.1 Å². The second-order valence-electron chi connectivity index (χ2n) is 10.2. The minimum atomic E-state index is -1.57. The van der Waals surface area contributed by atoms with Crippen molar-refractivity contribution in [2.45, 2.75) is 103 Å². The number of unbranched alkanes of at least 4 members (excludes halogenated alkanes) is 10. The van der Waals surface area contributed by atoms with Gasteiger partial charge >= 0.3 is 5.97 Å². The van der Waals surface area contributed by atoms with Crippen LogP contribution in [0, 0.1) is 0 Å². The van der Waals surface area contributed by atoms with Crippen molar-refractivity contribution in [3.63, 3.8) is 0 Å². The lowest BCUT2D eigenvalue weighted by Crippen LogP contribution is -2.44. The fraction of sp³-hybridized carbons (Fsp3) is 0.852. The standard InChI is InChI=1S/C27H51NO7/c1-5-6-7-8-9-10-11-12-13-14-15-16-17-18-19-25(30)34-22-24(29)23-35-27(26(31)32)33-21-20-28(2,3)4/h11-12,24,27,29H,5-10,13-23H2,1-4H3/b12-11-. The number of nitrogens with zero attached hydrogens (tertiary/aromatic N) is 1. The number of likely N-dealkylation sites (N-methyl/N-ethyl adjacent to an activating group) is 1. The first-order valence-electron chi connectivity index (χ1n) is 13.4. The molecule has 1 N–H and O–H groups in total. The molecule has 0 aromatic carbocycles. The van der Waals surface area contributed by atoms with Gasteiger partial charge in [0, 0.05) is 6.42 Å². The average molecular weight is 502 g/mol.